The highest BCUT2D eigenvalue weighted by Crippen LogP contribution is 2.33. The molecule has 0 spiro atoms. The first-order valence-electron chi connectivity index (χ1n) is 13.2. The molecule has 38 heavy (non-hydrogen) atoms. The van der Waals surface area contributed by atoms with E-state index in [2.05, 4.69) is 20.5 Å². The van der Waals surface area contributed by atoms with Gasteiger partial charge in [-0.3, -0.25) is 14.7 Å². The summed E-state index contributed by atoms with van der Waals surface area (Å²) in [5.74, 6) is -0.172. The molecule has 7 heteroatoms. The second kappa shape index (κ2) is 12.3. The highest BCUT2D eigenvalue weighted by atomic mass is 16.3. The first-order chi connectivity index (χ1) is 18.7. The van der Waals surface area contributed by atoms with Crippen LogP contribution in [0.4, 0.5) is 0 Å². The Morgan fingerprint density at radius 2 is 1.76 bits per heavy atom. The highest BCUT2D eigenvalue weighted by molar-refractivity contribution is 6.05. The van der Waals surface area contributed by atoms with E-state index < -0.39 is 6.23 Å². The van der Waals surface area contributed by atoms with Gasteiger partial charge in [-0.1, -0.05) is 72.8 Å². The molecule has 3 aromatic carbocycles. The summed E-state index contributed by atoms with van der Waals surface area (Å²) < 4.78 is 0. The first kappa shape index (κ1) is 26.0. The third-order valence-corrected chi connectivity index (χ3v) is 7.31. The number of aliphatic hydroxyl groups is 2. The number of aliphatic hydroxyl groups excluding tert-OH is 2. The van der Waals surface area contributed by atoms with Gasteiger partial charge in [-0.15, -0.1) is 0 Å². The summed E-state index contributed by atoms with van der Waals surface area (Å²) in [6.45, 7) is 1.57. The molecule has 5 rings (SSSR count). The molecule has 0 radical (unpaired) electrons. The number of amides is 1. The van der Waals surface area contributed by atoms with E-state index in [0.717, 1.165) is 34.9 Å². The van der Waals surface area contributed by atoms with Crippen LogP contribution in [0.5, 0.6) is 0 Å². The Labute approximate surface area is 223 Å². The largest absolute Gasteiger partial charge is 0.395 e. The van der Waals surface area contributed by atoms with Gasteiger partial charge in [0.25, 0.3) is 5.91 Å². The van der Waals surface area contributed by atoms with Crippen molar-refractivity contribution in [2.45, 2.75) is 31.2 Å². The van der Waals surface area contributed by atoms with E-state index in [4.69, 9.17) is 0 Å². The Morgan fingerprint density at radius 3 is 2.61 bits per heavy atom. The molecule has 196 valence electrons. The summed E-state index contributed by atoms with van der Waals surface area (Å²) in [5, 5.41) is 28.5. The van der Waals surface area contributed by atoms with Gasteiger partial charge in [0.2, 0.25) is 0 Å². The SMILES string of the molecule is O=C(NCC1CCC(NCCO)CN1C(O)c1ccccc1-c1ccccc1)c1cccc2cccnc12. The Bertz CT molecular complexity index is 1360. The molecule has 0 bridgehead atoms. The van der Waals surface area contributed by atoms with Crippen LogP contribution in [0.1, 0.15) is 35.0 Å². The van der Waals surface area contributed by atoms with Gasteiger partial charge in [0.15, 0.2) is 0 Å². The average molecular weight is 511 g/mol. The molecule has 3 unspecified atom stereocenters. The predicted octanol–water partition coefficient (Wildman–Crippen LogP) is 3.74. The number of aromatic nitrogens is 1. The van der Waals surface area contributed by atoms with E-state index in [1.807, 2.05) is 78.9 Å². The Hall–Kier alpha value is -3.62. The van der Waals surface area contributed by atoms with Crippen molar-refractivity contribution in [3.05, 3.63) is 102 Å². The number of para-hydroxylation sites is 1. The number of hydrogen-bond donors (Lipinski definition) is 4. The molecular weight excluding hydrogens is 476 g/mol. The zero-order valence-corrected chi connectivity index (χ0v) is 21.3. The lowest BCUT2D eigenvalue weighted by molar-refractivity contribution is -0.0498. The van der Waals surface area contributed by atoms with E-state index in [0.29, 0.717) is 30.7 Å². The van der Waals surface area contributed by atoms with Crippen molar-refractivity contribution in [2.75, 3.05) is 26.2 Å². The third-order valence-electron chi connectivity index (χ3n) is 7.31. The normalized spacial score (nSPS) is 18.8. The van der Waals surface area contributed by atoms with Crippen molar-refractivity contribution >= 4 is 16.8 Å². The zero-order valence-electron chi connectivity index (χ0n) is 21.3. The number of pyridine rings is 1. The minimum atomic E-state index is -0.855. The molecule has 2 heterocycles. The van der Waals surface area contributed by atoms with E-state index >= 15 is 0 Å². The second-order valence-corrected chi connectivity index (χ2v) is 9.72. The summed E-state index contributed by atoms with van der Waals surface area (Å²) in [6.07, 6.45) is 2.52. The number of nitrogens with zero attached hydrogens (tertiary/aromatic N) is 2. The summed E-state index contributed by atoms with van der Waals surface area (Å²) >= 11 is 0. The molecule has 0 aliphatic carbocycles. The fraction of sp³-hybridized carbons (Fsp3) is 0.290. The van der Waals surface area contributed by atoms with Crippen molar-refractivity contribution in [1.29, 1.82) is 0 Å². The van der Waals surface area contributed by atoms with Crippen LogP contribution >= 0.6 is 0 Å². The maximum absolute atomic E-state index is 13.2. The van der Waals surface area contributed by atoms with Crippen molar-refractivity contribution in [3.63, 3.8) is 0 Å². The lowest BCUT2D eigenvalue weighted by Crippen LogP contribution is -2.55. The molecule has 4 aromatic rings. The summed E-state index contributed by atoms with van der Waals surface area (Å²) in [7, 11) is 0. The van der Waals surface area contributed by atoms with Crippen LogP contribution in [-0.4, -0.2) is 64.3 Å². The van der Waals surface area contributed by atoms with Crippen molar-refractivity contribution in [1.82, 2.24) is 20.5 Å². The summed E-state index contributed by atoms with van der Waals surface area (Å²) in [5.41, 5.74) is 4.08. The number of carbonyl (C=O) groups is 1. The van der Waals surface area contributed by atoms with Crippen molar-refractivity contribution in [2.24, 2.45) is 0 Å². The number of hydrogen-bond acceptors (Lipinski definition) is 6. The van der Waals surface area contributed by atoms with E-state index in [1.165, 1.54) is 0 Å². The fourth-order valence-corrected chi connectivity index (χ4v) is 5.38. The molecule has 1 fully saturated rings. The predicted molar refractivity (Wildman–Crippen MR) is 150 cm³/mol. The van der Waals surface area contributed by atoms with Crippen LogP contribution in [0, 0.1) is 0 Å². The zero-order chi connectivity index (χ0) is 26.3. The van der Waals surface area contributed by atoms with E-state index in [9.17, 15) is 15.0 Å². The minimum absolute atomic E-state index is 0.0621. The second-order valence-electron chi connectivity index (χ2n) is 9.72. The quantitative estimate of drug-likeness (QED) is 0.274. The molecule has 0 saturated carbocycles. The van der Waals surface area contributed by atoms with E-state index in [-0.39, 0.29) is 24.6 Å². The number of piperidine rings is 1. The maximum Gasteiger partial charge on any atom is 0.253 e. The van der Waals surface area contributed by atoms with Gasteiger partial charge in [0.05, 0.1) is 17.7 Å². The smallest absolute Gasteiger partial charge is 0.253 e. The highest BCUT2D eigenvalue weighted by Gasteiger charge is 2.34. The molecule has 7 nitrogen and oxygen atoms in total. The Morgan fingerprint density at radius 1 is 0.974 bits per heavy atom. The van der Waals surface area contributed by atoms with Crippen LogP contribution in [0.25, 0.3) is 22.0 Å². The van der Waals surface area contributed by atoms with Crippen LogP contribution in [-0.2, 0) is 0 Å². The van der Waals surface area contributed by atoms with Crippen LogP contribution in [0.3, 0.4) is 0 Å². The van der Waals surface area contributed by atoms with Gasteiger partial charge in [-0.2, -0.15) is 0 Å². The number of nitrogens with one attached hydrogen (secondary N) is 2. The van der Waals surface area contributed by atoms with Gasteiger partial charge in [-0.05, 0) is 36.1 Å². The molecule has 1 aliphatic rings. The lowest BCUT2D eigenvalue weighted by Gasteiger charge is -2.43. The number of carbonyl (C=O) groups excluding carboxylic acids is 1. The first-order valence-corrected chi connectivity index (χ1v) is 13.2. The molecule has 1 aliphatic heterocycles. The Kier molecular flexibility index (Phi) is 8.41. The van der Waals surface area contributed by atoms with Gasteiger partial charge in [-0.25, -0.2) is 0 Å². The standard InChI is InChI=1S/C31H34N4O3/c36-19-18-32-24-15-16-25(20-34-30(37)28-14-6-10-23-11-7-17-33-29(23)28)35(21-24)31(38)27-13-5-4-12-26(27)22-8-2-1-3-9-22/h1-14,17,24-25,31-32,36,38H,15-16,18-21H2,(H,34,37). The number of fused-ring (bicyclic) bond motifs is 1. The van der Waals surface area contributed by atoms with Crippen LogP contribution in [0.2, 0.25) is 0 Å². The number of rotatable bonds is 9. The molecule has 1 aromatic heterocycles. The monoisotopic (exact) mass is 510 g/mol. The lowest BCUT2D eigenvalue weighted by atomic mass is 9.93. The van der Waals surface area contributed by atoms with Gasteiger partial charge in [0.1, 0.15) is 6.23 Å². The van der Waals surface area contributed by atoms with E-state index in [1.54, 1.807) is 12.3 Å². The Balaban J connectivity index is 1.38. The third kappa shape index (κ3) is 5.76. The summed E-state index contributed by atoms with van der Waals surface area (Å²) in [4.78, 5) is 19.7. The molecule has 4 N–H and O–H groups in total. The number of benzene rings is 3. The number of likely N-dealkylation sites (tertiary alicyclic amines) is 1. The fourth-order valence-electron chi connectivity index (χ4n) is 5.38. The molecule has 3 atom stereocenters. The average Bonchev–Trinajstić information content (AvgIpc) is 2.98. The molecule has 1 amide bonds. The molecular formula is C31H34N4O3. The molecule has 1 saturated heterocycles. The topological polar surface area (TPSA) is 97.7 Å². The van der Waals surface area contributed by atoms with Crippen molar-refractivity contribution < 1.29 is 15.0 Å². The van der Waals surface area contributed by atoms with Gasteiger partial charge < -0.3 is 20.8 Å². The van der Waals surface area contributed by atoms with Crippen LogP contribution < -0.4 is 10.6 Å². The van der Waals surface area contributed by atoms with Crippen molar-refractivity contribution in [3.8, 4) is 11.1 Å². The summed E-state index contributed by atoms with van der Waals surface area (Å²) in [6, 6.07) is 27.5. The minimum Gasteiger partial charge on any atom is -0.395 e. The van der Waals surface area contributed by atoms with Gasteiger partial charge in [0, 0.05) is 48.9 Å². The maximum atomic E-state index is 13.2. The van der Waals surface area contributed by atoms with Gasteiger partial charge >= 0.3 is 0 Å². The van der Waals surface area contributed by atoms with Crippen LogP contribution in [0.15, 0.2) is 91.1 Å².